The minimum Gasteiger partial charge on any atom is -0.365 e. The van der Waals surface area contributed by atoms with Crippen molar-refractivity contribution >= 4 is 12.0 Å². The summed E-state index contributed by atoms with van der Waals surface area (Å²) in [5.41, 5.74) is 8.02. The second-order valence-corrected chi connectivity index (χ2v) is 4.03. The van der Waals surface area contributed by atoms with Crippen LogP contribution >= 0.6 is 0 Å². The highest BCUT2D eigenvalue weighted by molar-refractivity contribution is 5.92. The van der Waals surface area contributed by atoms with Crippen LogP contribution < -0.4 is 10.3 Å². The molecule has 2 N–H and O–H groups in total. The van der Waals surface area contributed by atoms with Crippen LogP contribution in [0.15, 0.2) is 55.4 Å². The predicted octanol–water partition coefficient (Wildman–Crippen LogP) is 1.76. The van der Waals surface area contributed by atoms with Crippen molar-refractivity contribution in [1.82, 2.24) is 0 Å². The van der Waals surface area contributed by atoms with E-state index in [4.69, 9.17) is 5.73 Å². The van der Waals surface area contributed by atoms with Crippen molar-refractivity contribution in [1.29, 1.82) is 0 Å². The Kier molecular flexibility index (Phi) is 3.53. The lowest BCUT2D eigenvalue weighted by atomic mass is 10.1. The summed E-state index contributed by atoms with van der Waals surface area (Å²) >= 11 is 0. The number of nitrogens with two attached hydrogens (primary N) is 1. The molecule has 1 heterocycles. The Morgan fingerprint density at radius 1 is 1.28 bits per heavy atom. The maximum Gasteiger partial charge on any atom is 0.254 e. The van der Waals surface area contributed by atoms with E-state index < -0.39 is 5.91 Å². The van der Waals surface area contributed by atoms with Crippen LogP contribution in [-0.2, 0) is 6.54 Å². The Bertz CT molecular complexity index is 591. The second-order valence-electron chi connectivity index (χ2n) is 4.03. The number of hydrogen-bond acceptors (Lipinski definition) is 1. The Morgan fingerprint density at radius 2 is 2.06 bits per heavy atom. The molecule has 0 spiro atoms. The molecule has 0 fully saturated rings. The van der Waals surface area contributed by atoms with Gasteiger partial charge in [-0.05, 0) is 11.6 Å². The molecule has 0 aliphatic carbocycles. The van der Waals surface area contributed by atoms with Crippen molar-refractivity contribution in [3.8, 4) is 0 Å². The fourth-order valence-electron chi connectivity index (χ4n) is 1.84. The average Bonchev–Trinajstić information content (AvgIpc) is 2.39. The zero-order chi connectivity index (χ0) is 13.0. The summed E-state index contributed by atoms with van der Waals surface area (Å²) in [4.78, 5) is 11.1. The average molecular weight is 239 g/mol. The molecule has 90 valence electrons. The van der Waals surface area contributed by atoms with E-state index in [1.165, 1.54) is 0 Å². The monoisotopic (exact) mass is 239 g/mol. The zero-order valence-electron chi connectivity index (χ0n) is 10.0. The van der Waals surface area contributed by atoms with Crippen LogP contribution in [0.2, 0.25) is 0 Å². The molecule has 0 unspecified atom stereocenters. The quantitative estimate of drug-likeness (QED) is 0.812. The number of rotatable bonds is 4. The number of carbonyl (C=O) groups excluding carboxylic acids is 1. The first-order chi connectivity index (χ1) is 8.70. The lowest BCUT2D eigenvalue weighted by Gasteiger charge is -2.03. The van der Waals surface area contributed by atoms with Crippen LogP contribution in [0.1, 0.15) is 21.5 Å². The van der Waals surface area contributed by atoms with Crippen LogP contribution in [0.25, 0.3) is 6.08 Å². The van der Waals surface area contributed by atoms with E-state index in [-0.39, 0.29) is 0 Å². The number of carbonyl (C=O) groups is 1. The van der Waals surface area contributed by atoms with Crippen molar-refractivity contribution in [3.63, 3.8) is 0 Å². The third-order valence-electron chi connectivity index (χ3n) is 2.77. The molecular formula is C15H15N2O+. The van der Waals surface area contributed by atoms with E-state index in [1.54, 1.807) is 12.3 Å². The summed E-state index contributed by atoms with van der Waals surface area (Å²) in [5, 5.41) is 0. The molecule has 3 heteroatoms. The van der Waals surface area contributed by atoms with Crippen molar-refractivity contribution < 1.29 is 9.36 Å². The van der Waals surface area contributed by atoms with Crippen LogP contribution in [0.3, 0.4) is 0 Å². The summed E-state index contributed by atoms with van der Waals surface area (Å²) < 4.78 is 1.93. The van der Waals surface area contributed by atoms with Gasteiger partial charge < -0.3 is 5.73 Å². The van der Waals surface area contributed by atoms with Crippen LogP contribution in [0, 0.1) is 0 Å². The molecule has 0 saturated carbocycles. The molecule has 0 aliphatic rings. The van der Waals surface area contributed by atoms with Gasteiger partial charge in [-0.15, -0.1) is 0 Å². The van der Waals surface area contributed by atoms with Gasteiger partial charge in [0.05, 0.1) is 0 Å². The van der Waals surface area contributed by atoms with E-state index >= 15 is 0 Å². The molecule has 3 nitrogen and oxygen atoms in total. The Labute approximate surface area is 106 Å². The summed E-state index contributed by atoms with van der Waals surface area (Å²) in [6.07, 6.45) is 5.49. The number of hydrogen-bond donors (Lipinski definition) is 1. The maximum absolute atomic E-state index is 11.1. The number of pyridine rings is 1. The highest BCUT2D eigenvalue weighted by atomic mass is 16.1. The predicted molar refractivity (Wildman–Crippen MR) is 70.8 cm³/mol. The van der Waals surface area contributed by atoms with Gasteiger partial charge in [0.15, 0.2) is 18.9 Å². The van der Waals surface area contributed by atoms with Crippen LogP contribution in [0.4, 0.5) is 0 Å². The van der Waals surface area contributed by atoms with Gasteiger partial charge in [-0.2, -0.15) is 4.57 Å². The van der Waals surface area contributed by atoms with E-state index in [9.17, 15) is 4.79 Å². The second kappa shape index (κ2) is 5.27. The molecule has 1 amide bonds. The first kappa shape index (κ1) is 12.0. The van der Waals surface area contributed by atoms with E-state index in [1.807, 2.05) is 47.2 Å². The minimum absolute atomic E-state index is 0.415. The molecule has 18 heavy (non-hydrogen) atoms. The Morgan fingerprint density at radius 3 is 2.78 bits per heavy atom. The molecule has 0 saturated heterocycles. The van der Waals surface area contributed by atoms with Gasteiger partial charge >= 0.3 is 0 Å². The van der Waals surface area contributed by atoms with Crippen molar-refractivity contribution in [2.45, 2.75) is 6.54 Å². The number of nitrogens with zero attached hydrogens (tertiary/aromatic N) is 1. The molecule has 0 bridgehead atoms. The first-order valence-corrected chi connectivity index (χ1v) is 5.70. The summed E-state index contributed by atoms with van der Waals surface area (Å²) in [7, 11) is 0. The van der Waals surface area contributed by atoms with E-state index in [0.29, 0.717) is 12.1 Å². The fraction of sp³-hybridized carbons (Fsp3) is 0.0667. The van der Waals surface area contributed by atoms with Crippen LogP contribution in [-0.4, -0.2) is 5.91 Å². The minimum atomic E-state index is -0.415. The smallest absolute Gasteiger partial charge is 0.254 e. The highest BCUT2D eigenvalue weighted by Gasteiger charge is 2.09. The van der Waals surface area contributed by atoms with Crippen LogP contribution in [0.5, 0.6) is 0 Å². The lowest BCUT2D eigenvalue weighted by molar-refractivity contribution is -0.688. The third kappa shape index (κ3) is 2.63. The number of benzene rings is 1. The highest BCUT2D eigenvalue weighted by Crippen LogP contribution is 2.09. The van der Waals surface area contributed by atoms with Crippen molar-refractivity contribution in [2.75, 3.05) is 0 Å². The SMILES string of the molecule is C=Cc1ccccc1C[n+]1cccc(C(N)=O)c1. The largest absolute Gasteiger partial charge is 0.365 e. The molecule has 2 rings (SSSR count). The van der Waals surface area contributed by atoms with Gasteiger partial charge in [0.2, 0.25) is 0 Å². The number of amides is 1. The summed E-state index contributed by atoms with van der Waals surface area (Å²) in [5.74, 6) is -0.415. The first-order valence-electron chi connectivity index (χ1n) is 5.70. The molecule has 2 aromatic rings. The Balaban J connectivity index is 2.31. The van der Waals surface area contributed by atoms with E-state index in [2.05, 4.69) is 6.58 Å². The molecule has 0 radical (unpaired) electrons. The molecule has 0 atom stereocenters. The van der Waals surface area contributed by atoms with Gasteiger partial charge in [0, 0.05) is 11.6 Å². The van der Waals surface area contributed by atoms with Gasteiger partial charge in [-0.1, -0.05) is 36.9 Å². The Hall–Kier alpha value is -2.42. The number of primary amides is 1. The standard InChI is InChI=1S/C15H14N2O/c1-2-12-6-3-4-7-13(12)10-17-9-5-8-14(11-17)15(16)18/h2-9,11H,1,10H2,(H-,16,18)/p+1. The van der Waals surface area contributed by atoms with Crippen molar-refractivity contribution in [2.24, 2.45) is 5.73 Å². The maximum atomic E-state index is 11.1. The fourth-order valence-corrected chi connectivity index (χ4v) is 1.84. The molecular weight excluding hydrogens is 224 g/mol. The van der Waals surface area contributed by atoms with E-state index in [0.717, 1.165) is 11.1 Å². The lowest BCUT2D eigenvalue weighted by Crippen LogP contribution is -2.35. The molecule has 1 aromatic carbocycles. The van der Waals surface area contributed by atoms with Gasteiger partial charge in [-0.25, -0.2) is 0 Å². The van der Waals surface area contributed by atoms with Crippen molar-refractivity contribution in [3.05, 3.63) is 72.1 Å². The number of aromatic nitrogens is 1. The zero-order valence-corrected chi connectivity index (χ0v) is 10.0. The molecule has 0 aliphatic heterocycles. The molecule has 1 aromatic heterocycles. The topological polar surface area (TPSA) is 47.0 Å². The van der Waals surface area contributed by atoms with Gasteiger partial charge in [-0.3, -0.25) is 4.79 Å². The third-order valence-corrected chi connectivity index (χ3v) is 2.77. The normalized spacial score (nSPS) is 10.0. The van der Waals surface area contributed by atoms with Gasteiger partial charge in [0.25, 0.3) is 5.91 Å². The van der Waals surface area contributed by atoms with Gasteiger partial charge in [0.1, 0.15) is 5.56 Å². The summed E-state index contributed by atoms with van der Waals surface area (Å²) in [6, 6.07) is 11.5. The summed E-state index contributed by atoms with van der Waals surface area (Å²) in [6.45, 7) is 4.48.